The van der Waals surface area contributed by atoms with Gasteiger partial charge in [0.1, 0.15) is 17.8 Å². The lowest BCUT2D eigenvalue weighted by Crippen LogP contribution is -2.31. The van der Waals surface area contributed by atoms with Crippen LogP contribution in [0.4, 0.5) is 0 Å². The largest absolute Gasteiger partial charge is 0.348 e. The number of aryl methyl sites for hydroxylation is 3. The van der Waals surface area contributed by atoms with Gasteiger partial charge in [0.25, 0.3) is 5.89 Å². The molecule has 6 rings (SSSR count). The van der Waals surface area contributed by atoms with Crippen molar-refractivity contribution in [3.8, 4) is 22.8 Å². The van der Waals surface area contributed by atoms with Crippen LogP contribution in [-0.4, -0.2) is 25.6 Å². The number of nitrogens with zero attached hydrogens (tertiary/aromatic N) is 4. The van der Waals surface area contributed by atoms with Crippen molar-refractivity contribution >= 4 is 16.9 Å². The number of pyridine rings is 2. The van der Waals surface area contributed by atoms with Gasteiger partial charge >= 0.3 is 0 Å². The van der Waals surface area contributed by atoms with E-state index in [1.165, 1.54) is 5.56 Å². The standard InChI is InChI=1S/C29H25N5O3/c1-17-6-5-8-20(14-17)27-32-29(37-33-27)23-15-34(28-22(26(23)36)12-10-18(2)30-28)16-25(35)31-24-13-11-19-7-3-4-9-21(19)24/h3-10,12,14-15,24H,11,13,16H2,1-2H3,(H,31,35). The Bertz CT molecular complexity index is 1720. The zero-order valence-electron chi connectivity index (χ0n) is 20.6. The maximum atomic E-state index is 13.4. The van der Waals surface area contributed by atoms with Crippen LogP contribution in [-0.2, 0) is 17.8 Å². The zero-order chi connectivity index (χ0) is 25.5. The number of benzene rings is 2. The molecular weight excluding hydrogens is 466 g/mol. The molecule has 37 heavy (non-hydrogen) atoms. The number of hydrogen-bond donors (Lipinski definition) is 1. The van der Waals surface area contributed by atoms with Crippen molar-refractivity contribution in [2.75, 3.05) is 0 Å². The average molecular weight is 492 g/mol. The van der Waals surface area contributed by atoms with Crippen molar-refractivity contribution in [2.24, 2.45) is 0 Å². The van der Waals surface area contributed by atoms with Crippen LogP contribution < -0.4 is 10.7 Å². The molecule has 0 spiro atoms. The molecule has 0 bridgehead atoms. The first-order chi connectivity index (χ1) is 18.0. The third kappa shape index (κ3) is 4.31. The predicted octanol–water partition coefficient (Wildman–Crippen LogP) is 4.53. The Morgan fingerprint density at radius 2 is 1.95 bits per heavy atom. The Morgan fingerprint density at radius 3 is 2.81 bits per heavy atom. The van der Waals surface area contributed by atoms with Gasteiger partial charge in [0.05, 0.1) is 11.4 Å². The third-order valence-corrected chi connectivity index (χ3v) is 6.78. The molecule has 2 aromatic carbocycles. The summed E-state index contributed by atoms with van der Waals surface area (Å²) < 4.78 is 7.20. The molecule has 1 aliphatic rings. The highest BCUT2D eigenvalue weighted by molar-refractivity contribution is 5.83. The van der Waals surface area contributed by atoms with Gasteiger partial charge in [-0.15, -0.1) is 0 Å². The maximum absolute atomic E-state index is 13.4. The summed E-state index contributed by atoms with van der Waals surface area (Å²) in [4.78, 5) is 35.6. The first kappa shape index (κ1) is 22.8. The minimum absolute atomic E-state index is 0.00221. The Morgan fingerprint density at radius 1 is 1.08 bits per heavy atom. The second kappa shape index (κ2) is 9.13. The van der Waals surface area contributed by atoms with Crippen LogP contribution in [0.25, 0.3) is 33.9 Å². The number of carbonyl (C=O) groups is 1. The molecule has 3 aromatic heterocycles. The van der Waals surface area contributed by atoms with E-state index < -0.39 is 0 Å². The Labute approximate surface area is 213 Å². The van der Waals surface area contributed by atoms with E-state index in [4.69, 9.17) is 4.52 Å². The highest BCUT2D eigenvalue weighted by atomic mass is 16.5. The number of amides is 1. The SMILES string of the molecule is Cc1cccc(-c2noc(-c3cn(CC(=O)NC4CCc5ccccc54)c4nc(C)ccc4c3=O)n2)c1. The molecule has 0 fully saturated rings. The number of carbonyl (C=O) groups excluding carboxylic acids is 1. The normalized spacial score (nSPS) is 14.6. The van der Waals surface area contributed by atoms with Crippen molar-refractivity contribution in [3.05, 3.63) is 99.5 Å². The number of hydrogen-bond acceptors (Lipinski definition) is 6. The van der Waals surface area contributed by atoms with Crippen LogP contribution in [0.5, 0.6) is 0 Å². The fourth-order valence-corrected chi connectivity index (χ4v) is 4.97. The van der Waals surface area contributed by atoms with Gasteiger partial charge in [-0.1, -0.05) is 53.2 Å². The van der Waals surface area contributed by atoms with Gasteiger partial charge in [-0.3, -0.25) is 9.59 Å². The van der Waals surface area contributed by atoms with Crippen molar-refractivity contribution in [3.63, 3.8) is 0 Å². The Balaban J connectivity index is 1.36. The summed E-state index contributed by atoms with van der Waals surface area (Å²) in [5, 5.41) is 7.63. The molecule has 1 unspecified atom stereocenters. The molecule has 0 aliphatic heterocycles. The quantitative estimate of drug-likeness (QED) is 0.387. The number of fused-ring (bicyclic) bond motifs is 2. The fraction of sp³-hybridized carbons (Fsp3) is 0.207. The second-order valence-electron chi connectivity index (χ2n) is 9.47. The fourth-order valence-electron chi connectivity index (χ4n) is 4.97. The van der Waals surface area contributed by atoms with Crippen LogP contribution in [0.1, 0.15) is 34.8 Å². The first-order valence-corrected chi connectivity index (χ1v) is 12.3. The molecule has 0 saturated heterocycles. The maximum Gasteiger partial charge on any atom is 0.263 e. The molecule has 1 amide bonds. The van der Waals surface area contributed by atoms with Gasteiger partial charge in [-0.2, -0.15) is 4.98 Å². The third-order valence-electron chi connectivity index (χ3n) is 6.78. The summed E-state index contributed by atoms with van der Waals surface area (Å²) in [6.45, 7) is 3.83. The minimum atomic E-state index is -0.275. The van der Waals surface area contributed by atoms with E-state index in [2.05, 4.69) is 32.6 Å². The molecular formula is C29H25N5O3. The summed E-state index contributed by atoms with van der Waals surface area (Å²) in [7, 11) is 0. The summed E-state index contributed by atoms with van der Waals surface area (Å²) in [5.41, 5.74) is 5.42. The van der Waals surface area contributed by atoms with E-state index >= 15 is 0 Å². The molecule has 8 heteroatoms. The molecule has 0 saturated carbocycles. The van der Waals surface area contributed by atoms with Crippen molar-refractivity contribution in [1.29, 1.82) is 0 Å². The average Bonchev–Trinajstić information content (AvgIpc) is 3.54. The van der Waals surface area contributed by atoms with E-state index in [-0.39, 0.29) is 35.4 Å². The topological polar surface area (TPSA) is 103 Å². The molecule has 1 N–H and O–H groups in total. The summed E-state index contributed by atoms with van der Waals surface area (Å²) in [6, 6.07) is 19.4. The van der Waals surface area contributed by atoms with Crippen LogP contribution in [0.15, 0.2) is 76.2 Å². The van der Waals surface area contributed by atoms with Gasteiger partial charge < -0.3 is 14.4 Å². The molecule has 0 radical (unpaired) electrons. The predicted molar refractivity (Wildman–Crippen MR) is 140 cm³/mol. The highest BCUT2D eigenvalue weighted by Gasteiger charge is 2.24. The van der Waals surface area contributed by atoms with Gasteiger partial charge in [0.15, 0.2) is 0 Å². The molecule has 5 aromatic rings. The van der Waals surface area contributed by atoms with Crippen LogP contribution in [0.3, 0.4) is 0 Å². The molecule has 1 aliphatic carbocycles. The monoisotopic (exact) mass is 491 g/mol. The Hall–Kier alpha value is -4.59. The first-order valence-electron chi connectivity index (χ1n) is 12.3. The lowest BCUT2D eigenvalue weighted by molar-refractivity contribution is -0.122. The van der Waals surface area contributed by atoms with Gasteiger partial charge in [-0.05, 0) is 56.0 Å². The van der Waals surface area contributed by atoms with E-state index in [0.717, 1.165) is 35.2 Å². The lowest BCUT2D eigenvalue weighted by Gasteiger charge is -2.16. The van der Waals surface area contributed by atoms with Crippen molar-refractivity contribution in [2.45, 2.75) is 39.3 Å². The molecule has 8 nitrogen and oxygen atoms in total. The molecule has 1 atom stereocenters. The smallest absolute Gasteiger partial charge is 0.263 e. The number of rotatable bonds is 5. The minimum Gasteiger partial charge on any atom is -0.348 e. The molecule has 184 valence electrons. The number of aromatic nitrogens is 4. The Kier molecular flexibility index (Phi) is 5.64. The summed E-state index contributed by atoms with van der Waals surface area (Å²) >= 11 is 0. The van der Waals surface area contributed by atoms with Crippen molar-refractivity contribution in [1.82, 2.24) is 25.0 Å². The van der Waals surface area contributed by atoms with Crippen LogP contribution in [0.2, 0.25) is 0 Å². The molecule has 3 heterocycles. The van der Waals surface area contributed by atoms with Gasteiger partial charge in [0, 0.05) is 17.5 Å². The van der Waals surface area contributed by atoms with Gasteiger partial charge in [-0.25, -0.2) is 4.98 Å². The number of nitrogens with one attached hydrogen (secondary N) is 1. The zero-order valence-corrected chi connectivity index (χ0v) is 20.6. The van der Waals surface area contributed by atoms with Gasteiger partial charge in [0.2, 0.25) is 17.2 Å². The van der Waals surface area contributed by atoms with Crippen molar-refractivity contribution < 1.29 is 9.32 Å². The van der Waals surface area contributed by atoms with E-state index in [0.29, 0.717) is 16.9 Å². The lowest BCUT2D eigenvalue weighted by atomic mass is 10.1. The summed E-state index contributed by atoms with van der Waals surface area (Å²) in [5.74, 6) is 0.333. The van der Waals surface area contributed by atoms with Crippen LogP contribution >= 0.6 is 0 Å². The van der Waals surface area contributed by atoms with E-state index in [1.54, 1.807) is 22.9 Å². The summed E-state index contributed by atoms with van der Waals surface area (Å²) in [6.07, 6.45) is 3.39. The van der Waals surface area contributed by atoms with Crippen LogP contribution in [0, 0.1) is 13.8 Å². The highest BCUT2D eigenvalue weighted by Crippen LogP contribution is 2.30. The van der Waals surface area contributed by atoms with E-state index in [1.807, 2.05) is 50.2 Å². The second-order valence-corrected chi connectivity index (χ2v) is 9.47. The van der Waals surface area contributed by atoms with E-state index in [9.17, 15) is 9.59 Å².